The second-order valence-electron chi connectivity index (χ2n) is 9.07. The van der Waals surface area contributed by atoms with Gasteiger partial charge in [-0.1, -0.05) is 72.8 Å². The molecule has 3 aromatic carbocycles. The fourth-order valence-corrected chi connectivity index (χ4v) is 5.30. The number of benzene rings is 3. The fraction of sp³-hybridized carbons (Fsp3) is 0.172. The number of amides is 1. The molecule has 4 aromatic rings. The van der Waals surface area contributed by atoms with Crippen molar-refractivity contribution in [3.8, 4) is 0 Å². The Kier molecular flexibility index (Phi) is 4.72. The molecule has 0 saturated heterocycles. The molecule has 2 aliphatic rings. The Morgan fingerprint density at radius 3 is 2.15 bits per heavy atom. The number of nitrogens with zero attached hydrogens (tertiary/aromatic N) is 2. The largest absolute Gasteiger partial charge is 0.363 e. The van der Waals surface area contributed by atoms with Crippen molar-refractivity contribution in [2.75, 3.05) is 10.2 Å². The van der Waals surface area contributed by atoms with Gasteiger partial charge in [0.1, 0.15) is 5.82 Å². The zero-order valence-corrected chi connectivity index (χ0v) is 18.4. The van der Waals surface area contributed by atoms with Crippen LogP contribution in [0, 0.1) is 0 Å². The predicted octanol–water partition coefficient (Wildman–Crippen LogP) is 5.28. The van der Waals surface area contributed by atoms with Crippen molar-refractivity contribution in [3.63, 3.8) is 0 Å². The zero-order chi connectivity index (χ0) is 22.3. The molecule has 1 N–H and O–H groups in total. The van der Waals surface area contributed by atoms with Crippen molar-refractivity contribution in [3.05, 3.63) is 125 Å². The number of rotatable bonds is 5. The van der Waals surface area contributed by atoms with Crippen LogP contribution >= 0.6 is 0 Å². The molecule has 1 spiro atoms. The normalized spacial score (nSPS) is 18.1. The molecule has 1 aliphatic carbocycles. The number of anilines is 2. The van der Waals surface area contributed by atoms with E-state index >= 15 is 0 Å². The Hall–Kier alpha value is -3.92. The van der Waals surface area contributed by atoms with Gasteiger partial charge in [-0.05, 0) is 53.3 Å². The second kappa shape index (κ2) is 7.89. The standard InChI is InChI=1S/C29H25N3O/c33-28-29(26-12-7-15-30-27(26)31-28)17-23-13-14-25(16-24(23)18-29)32(19-21-8-3-1-4-9-21)20-22-10-5-2-6-11-22/h1-16H,17-20H2,(H,30,31,33)/t29-/m1/s1. The first-order chi connectivity index (χ1) is 16.2. The van der Waals surface area contributed by atoms with E-state index in [1.165, 1.54) is 27.9 Å². The van der Waals surface area contributed by atoms with Gasteiger partial charge in [0, 0.05) is 30.5 Å². The van der Waals surface area contributed by atoms with Gasteiger partial charge in [0.2, 0.25) is 5.91 Å². The number of aromatic nitrogens is 1. The van der Waals surface area contributed by atoms with Crippen LogP contribution < -0.4 is 10.2 Å². The summed E-state index contributed by atoms with van der Waals surface area (Å²) in [6.07, 6.45) is 3.18. The van der Waals surface area contributed by atoms with Gasteiger partial charge >= 0.3 is 0 Å². The molecule has 0 bridgehead atoms. The van der Waals surface area contributed by atoms with Gasteiger partial charge in [-0.15, -0.1) is 0 Å². The van der Waals surface area contributed by atoms with Crippen LogP contribution in [0.2, 0.25) is 0 Å². The van der Waals surface area contributed by atoms with Crippen LogP contribution in [0.3, 0.4) is 0 Å². The number of nitrogens with one attached hydrogen (secondary N) is 1. The molecule has 33 heavy (non-hydrogen) atoms. The number of carbonyl (C=O) groups excluding carboxylic acids is 1. The Morgan fingerprint density at radius 2 is 1.45 bits per heavy atom. The summed E-state index contributed by atoms with van der Waals surface area (Å²) in [5, 5.41) is 3.01. The van der Waals surface area contributed by atoms with Crippen LogP contribution in [-0.4, -0.2) is 10.9 Å². The van der Waals surface area contributed by atoms with Crippen molar-refractivity contribution in [2.24, 2.45) is 0 Å². The minimum absolute atomic E-state index is 0.0689. The minimum atomic E-state index is -0.533. The lowest BCUT2D eigenvalue weighted by molar-refractivity contribution is -0.120. The van der Waals surface area contributed by atoms with Crippen molar-refractivity contribution < 1.29 is 4.79 Å². The molecule has 0 radical (unpaired) electrons. The highest BCUT2D eigenvalue weighted by atomic mass is 16.2. The summed E-state index contributed by atoms with van der Waals surface area (Å²) in [5.74, 6) is 0.782. The average molecular weight is 432 g/mol. The predicted molar refractivity (Wildman–Crippen MR) is 131 cm³/mol. The van der Waals surface area contributed by atoms with E-state index in [2.05, 4.69) is 94.1 Å². The summed E-state index contributed by atoms with van der Waals surface area (Å²) in [4.78, 5) is 19.9. The smallest absolute Gasteiger partial charge is 0.237 e. The average Bonchev–Trinajstić information content (AvgIpc) is 3.37. The Morgan fingerprint density at radius 1 is 0.788 bits per heavy atom. The molecular formula is C29H25N3O. The van der Waals surface area contributed by atoms with E-state index in [4.69, 9.17) is 0 Å². The molecule has 4 heteroatoms. The summed E-state index contributed by atoms with van der Waals surface area (Å²) in [6, 6.07) is 31.8. The monoisotopic (exact) mass is 431 g/mol. The maximum atomic E-state index is 13.1. The van der Waals surface area contributed by atoms with Crippen molar-refractivity contribution >= 4 is 17.4 Å². The number of pyridine rings is 1. The van der Waals surface area contributed by atoms with E-state index in [-0.39, 0.29) is 5.91 Å². The van der Waals surface area contributed by atoms with Crippen LogP contribution in [0.25, 0.3) is 0 Å². The molecule has 2 heterocycles. The van der Waals surface area contributed by atoms with Gasteiger partial charge in [0.25, 0.3) is 0 Å². The van der Waals surface area contributed by atoms with Crippen LogP contribution in [0.15, 0.2) is 97.2 Å². The van der Waals surface area contributed by atoms with E-state index < -0.39 is 5.41 Å². The molecule has 1 aliphatic heterocycles. The zero-order valence-electron chi connectivity index (χ0n) is 18.4. The maximum Gasteiger partial charge on any atom is 0.237 e. The quantitative estimate of drug-likeness (QED) is 0.468. The third-order valence-corrected chi connectivity index (χ3v) is 6.96. The second-order valence-corrected chi connectivity index (χ2v) is 9.07. The number of hydrogen-bond acceptors (Lipinski definition) is 3. The first kappa shape index (κ1) is 19.7. The van der Waals surface area contributed by atoms with Crippen LogP contribution in [0.5, 0.6) is 0 Å². The highest BCUT2D eigenvalue weighted by Crippen LogP contribution is 2.47. The van der Waals surface area contributed by atoms with Crippen LogP contribution in [0.4, 0.5) is 11.5 Å². The fourth-order valence-electron chi connectivity index (χ4n) is 5.30. The van der Waals surface area contributed by atoms with E-state index in [9.17, 15) is 4.79 Å². The summed E-state index contributed by atoms with van der Waals surface area (Å²) in [5.41, 5.74) is 6.74. The molecule has 1 amide bonds. The summed E-state index contributed by atoms with van der Waals surface area (Å²) < 4.78 is 0. The Labute approximate surface area is 193 Å². The van der Waals surface area contributed by atoms with E-state index in [0.717, 1.165) is 25.1 Å². The van der Waals surface area contributed by atoms with Gasteiger partial charge in [0.15, 0.2) is 0 Å². The van der Waals surface area contributed by atoms with Gasteiger partial charge < -0.3 is 10.2 Å². The third kappa shape index (κ3) is 3.48. The molecule has 4 nitrogen and oxygen atoms in total. The molecule has 1 atom stereocenters. The van der Waals surface area contributed by atoms with Crippen LogP contribution in [-0.2, 0) is 36.1 Å². The highest BCUT2D eigenvalue weighted by molar-refractivity contribution is 6.06. The van der Waals surface area contributed by atoms with E-state index in [0.29, 0.717) is 12.2 Å². The van der Waals surface area contributed by atoms with Crippen molar-refractivity contribution in [2.45, 2.75) is 31.3 Å². The summed E-state index contributed by atoms with van der Waals surface area (Å²) in [7, 11) is 0. The third-order valence-electron chi connectivity index (χ3n) is 6.96. The van der Waals surface area contributed by atoms with E-state index in [1.54, 1.807) is 6.20 Å². The van der Waals surface area contributed by atoms with Gasteiger partial charge in [-0.25, -0.2) is 4.98 Å². The SMILES string of the molecule is O=C1Nc2ncccc2[C@]12Cc1ccc(N(Cc3ccccc3)Cc3ccccc3)cc1C2. The number of hydrogen-bond donors (Lipinski definition) is 1. The van der Waals surface area contributed by atoms with Gasteiger partial charge in [0.05, 0.1) is 5.41 Å². The topological polar surface area (TPSA) is 45.2 Å². The molecular weight excluding hydrogens is 406 g/mol. The highest BCUT2D eigenvalue weighted by Gasteiger charge is 2.51. The van der Waals surface area contributed by atoms with Crippen molar-refractivity contribution in [1.29, 1.82) is 0 Å². The van der Waals surface area contributed by atoms with Crippen molar-refractivity contribution in [1.82, 2.24) is 4.98 Å². The van der Waals surface area contributed by atoms with Gasteiger partial charge in [-0.3, -0.25) is 4.79 Å². The van der Waals surface area contributed by atoms with E-state index in [1.807, 2.05) is 12.1 Å². The van der Waals surface area contributed by atoms with Crippen LogP contribution in [0.1, 0.15) is 27.8 Å². The number of carbonyl (C=O) groups is 1. The molecule has 0 fully saturated rings. The minimum Gasteiger partial charge on any atom is -0.363 e. The summed E-state index contributed by atoms with van der Waals surface area (Å²) in [6.45, 7) is 1.65. The first-order valence-corrected chi connectivity index (χ1v) is 11.4. The lowest BCUT2D eigenvalue weighted by atomic mass is 9.79. The Balaban J connectivity index is 1.34. The molecule has 0 saturated carbocycles. The first-order valence-electron chi connectivity index (χ1n) is 11.4. The Bertz CT molecular complexity index is 1280. The molecule has 162 valence electrons. The lowest BCUT2D eigenvalue weighted by Crippen LogP contribution is -2.35. The van der Waals surface area contributed by atoms with Gasteiger partial charge in [-0.2, -0.15) is 0 Å². The number of fused-ring (bicyclic) bond motifs is 3. The lowest BCUT2D eigenvalue weighted by Gasteiger charge is -2.26. The maximum absolute atomic E-state index is 13.1. The molecule has 1 aromatic heterocycles. The molecule has 0 unspecified atom stereocenters. The summed E-state index contributed by atoms with van der Waals surface area (Å²) >= 11 is 0. The molecule has 6 rings (SSSR count).